The molecule has 13 nitrogen and oxygen atoms in total. The number of fused-ring (bicyclic) bond motifs is 3. The molecule has 3 atom stereocenters. The minimum absolute atomic E-state index is 0.0208. The van der Waals surface area contributed by atoms with Crippen molar-refractivity contribution in [2.75, 3.05) is 5.73 Å². The summed E-state index contributed by atoms with van der Waals surface area (Å²) in [5.74, 6) is 0.873. The number of nitrogens with zero attached hydrogens (tertiary/aromatic N) is 9. The van der Waals surface area contributed by atoms with E-state index >= 15 is 0 Å². The number of carbonyl (C=O) groups excluding carboxylic acids is 2. The second-order valence-corrected chi connectivity index (χ2v) is 10.5. The topological polar surface area (TPSA) is 166 Å². The third kappa shape index (κ3) is 3.76. The van der Waals surface area contributed by atoms with Gasteiger partial charge in [0, 0.05) is 41.5 Å². The Bertz CT molecular complexity index is 1740. The molecular formula is C27H27N11O2. The monoisotopic (exact) mass is 537 g/mol. The highest BCUT2D eigenvalue weighted by molar-refractivity contribution is 6.00. The molecule has 2 bridgehead atoms. The van der Waals surface area contributed by atoms with Crippen LogP contribution in [0.4, 0.5) is 5.82 Å². The molecule has 2 aliphatic rings. The minimum atomic E-state index is -0.160. The molecule has 0 saturated carbocycles. The Hall–Kier alpha value is -4.94. The first kappa shape index (κ1) is 24.1. The number of hydrogen-bond acceptors (Lipinski definition) is 9. The summed E-state index contributed by atoms with van der Waals surface area (Å²) in [6, 6.07) is 5.79. The molecule has 1 unspecified atom stereocenters. The van der Waals surface area contributed by atoms with Gasteiger partial charge in [-0.15, -0.1) is 10.2 Å². The summed E-state index contributed by atoms with van der Waals surface area (Å²) in [7, 11) is 0. The van der Waals surface area contributed by atoms with Gasteiger partial charge in [0.25, 0.3) is 5.91 Å². The van der Waals surface area contributed by atoms with Gasteiger partial charge in [0.2, 0.25) is 5.82 Å². The third-order valence-electron chi connectivity index (χ3n) is 8.05. The number of nitrogens with two attached hydrogens (primary N) is 1. The van der Waals surface area contributed by atoms with Crippen LogP contribution >= 0.6 is 0 Å². The number of aryl methyl sites for hydroxylation is 1. The fourth-order valence-corrected chi connectivity index (χ4v) is 6.28. The normalized spacial score (nSPS) is 20.4. The van der Waals surface area contributed by atoms with E-state index in [1.54, 1.807) is 17.1 Å². The molecule has 0 aliphatic carbocycles. The number of aromatic amines is 1. The van der Waals surface area contributed by atoms with Gasteiger partial charge in [0.05, 0.1) is 23.1 Å². The van der Waals surface area contributed by atoms with Crippen LogP contribution in [-0.4, -0.2) is 73.2 Å². The molecule has 13 heteroatoms. The molecule has 3 N–H and O–H groups in total. The number of amides is 1. The predicted molar refractivity (Wildman–Crippen MR) is 144 cm³/mol. The molecule has 5 aromatic rings. The van der Waals surface area contributed by atoms with Gasteiger partial charge in [0.15, 0.2) is 17.2 Å². The van der Waals surface area contributed by atoms with Gasteiger partial charge in [-0.05, 0) is 57.7 Å². The number of nitrogens with one attached hydrogen (secondary N) is 1. The Labute approximate surface area is 228 Å². The second-order valence-electron chi connectivity index (χ2n) is 10.5. The van der Waals surface area contributed by atoms with Gasteiger partial charge in [-0.1, -0.05) is 0 Å². The molecule has 1 amide bonds. The van der Waals surface area contributed by atoms with Gasteiger partial charge in [-0.2, -0.15) is 14.7 Å². The van der Waals surface area contributed by atoms with Gasteiger partial charge in [0.1, 0.15) is 12.1 Å². The standard InChI is InChI=1S/C27H27N11O2/c1-14-7-8-36(35-14)21-6-3-16(11-29-21)20-12-32-38-24(28)22(15(2)39)23(33-26(20)38)17-9-18-4-5-19(10-17)37(18)27(40)25-30-13-31-34-25/h3,6-8,11-13,17-19H,4-5,9-10,28H2,1-2H3,(H,30,31,34)/t17-,18-,19?/m0/s1. The maximum Gasteiger partial charge on any atom is 0.292 e. The Balaban J connectivity index is 1.26. The highest BCUT2D eigenvalue weighted by atomic mass is 16.2. The highest BCUT2D eigenvalue weighted by Gasteiger charge is 2.45. The van der Waals surface area contributed by atoms with E-state index in [-0.39, 0.29) is 41.3 Å². The lowest BCUT2D eigenvalue weighted by Crippen LogP contribution is -2.46. The van der Waals surface area contributed by atoms with E-state index in [0.717, 1.165) is 29.7 Å². The second kappa shape index (κ2) is 9.07. The number of aromatic nitrogens is 9. The summed E-state index contributed by atoms with van der Waals surface area (Å²) in [5, 5.41) is 16.6. The van der Waals surface area contributed by atoms with Crippen LogP contribution in [0.2, 0.25) is 0 Å². The largest absolute Gasteiger partial charge is 0.383 e. The SMILES string of the molecule is CC(=O)c1c([C@@H]2CC3CC[C@@H](C2)N3C(=O)c2nnc[nH]2)nc2c(-c3ccc(-n4ccc(C)n4)nc3)cnn2c1N. The zero-order valence-corrected chi connectivity index (χ0v) is 22.0. The van der Waals surface area contributed by atoms with Crippen LogP contribution in [0.3, 0.4) is 0 Å². The number of hydrogen-bond donors (Lipinski definition) is 2. The van der Waals surface area contributed by atoms with E-state index in [0.29, 0.717) is 35.6 Å². The highest BCUT2D eigenvalue weighted by Crippen LogP contribution is 2.45. The first-order valence-electron chi connectivity index (χ1n) is 13.2. The summed E-state index contributed by atoms with van der Waals surface area (Å²) in [6.07, 6.45) is 9.87. The Morgan fingerprint density at radius 1 is 1.10 bits per heavy atom. The van der Waals surface area contributed by atoms with Crippen molar-refractivity contribution in [3.05, 3.63) is 65.9 Å². The number of nitrogen functional groups attached to an aromatic ring is 1. The molecule has 0 aromatic carbocycles. The number of carbonyl (C=O) groups is 2. The molecule has 2 fully saturated rings. The van der Waals surface area contributed by atoms with Crippen LogP contribution in [0.1, 0.15) is 70.9 Å². The molecule has 2 aliphatic heterocycles. The van der Waals surface area contributed by atoms with Crippen LogP contribution in [0, 0.1) is 6.92 Å². The van der Waals surface area contributed by atoms with Crippen molar-refractivity contribution in [2.45, 2.75) is 57.5 Å². The average Bonchev–Trinajstić information content (AvgIpc) is 3.75. The Kier molecular flexibility index (Phi) is 5.47. The van der Waals surface area contributed by atoms with Crippen molar-refractivity contribution < 1.29 is 9.59 Å². The molecule has 202 valence electrons. The first-order valence-corrected chi connectivity index (χ1v) is 13.2. The number of piperidine rings is 1. The quantitative estimate of drug-likeness (QED) is 0.321. The summed E-state index contributed by atoms with van der Waals surface area (Å²) < 4.78 is 3.24. The van der Waals surface area contributed by atoms with E-state index < -0.39 is 0 Å². The summed E-state index contributed by atoms with van der Waals surface area (Å²) in [5.41, 5.74) is 10.7. The van der Waals surface area contributed by atoms with Gasteiger partial charge < -0.3 is 15.6 Å². The van der Waals surface area contributed by atoms with Crippen LogP contribution < -0.4 is 5.73 Å². The summed E-state index contributed by atoms with van der Waals surface area (Å²) >= 11 is 0. The predicted octanol–water partition coefficient (Wildman–Crippen LogP) is 2.74. The average molecular weight is 538 g/mol. The number of Topliss-reactive ketones (excluding diaryl/α,β-unsaturated/α-hetero) is 1. The molecule has 7 heterocycles. The molecule has 0 radical (unpaired) electrons. The number of rotatable bonds is 5. The van der Waals surface area contributed by atoms with Crippen molar-refractivity contribution in [3.8, 4) is 16.9 Å². The van der Waals surface area contributed by atoms with Crippen molar-refractivity contribution in [1.29, 1.82) is 0 Å². The van der Waals surface area contributed by atoms with Gasteiger partial charge >= 0.3 is 0 Å². The fourth-order valence-electron chi connectivity index (χ4n) is 6.28. The lowest BCUT2D eigenvalue weighted by atomic mass is 9.85. The first-order chi connectivity index (χ1) is 19.4. The molecule has 5 aromatic heterocycles. The molecule has 40 heavy (non-hydrogen) atoms. The fraction of sp³-hybridized carbons (Fsp3) is 0.333. The number of anilines is 1. The summed E-state index contributed by atoms with van der Waals surface area (Å²) in [6.45, 7) is 3.43. The zero-order chi connectivity index (χ0) is 27.5. The third-order valence-corrected chi connectivity index (χ3v) is 8.05. The van der Waals surface area contributed by atoms with E-state index in [1.807, 2.05) is 36.2 Å². The summed E-state index contributed by atoms with van der Waals surface area (Å²) in [4.78, 5) is 40.4. The van der Waals surface area contributed by atoms with E-state index in [4.69, 9.17) is 10.7 Å². The van der Waals surface area contributed by atoms with E-state index in [2.05, 4.69) is 30.4 Å². The van der Waals surface area contributed by atoms with Crippen LogP contribution in [0.15, 0.2) is 43.1 Å². The molecule has 2 saturated heterocycles. The van der Waals surface area contributed by atoms with Crippen LogP contribution in [-0.2, 0) is 0 Å². The van der Waals surface area contributed by atoms with Crippen molar-refractivity contribution >= 4 is 23.2 Å². The van der Waals surface area contributed by atoms with Crippen LogP contribution in [0.25, 0.3) is 22.6 Å². The minimum Gasteiger partial charge on any atom is -0.383 e. The van der Waals surface area contributed by atoms with Crippen molar-refractivity contribution in [3.63, 3.8) is 0 Å². The maximum atomic E-state index is 13.1. The van der Waals surface area contributed by atoms with Gasteiger partial charge in [-0.3, -0.25) is 9.59 Å². The van der Waals surface area contributed by atoms with Crippen molar-refractivity contribution in [2.24, 2.45) is 0 Å². The van der Waals surface area contributed by atoms with E-state index in [9.17, 15) is 9.59 Å². The number of ketones is 1. The Morgan fingerprint density at radius 3 is 2.52 bits per heavy atom. The molecule has 0 spiro atoms. The Morgan fingerprint density at radius 2 is 1.90 bits per heavy atom. The number of pyridine rings is 1. The smallest absolute Gasteiger partial charge is 0.292 e. The van der Waals surface area contributed by atoms with Crippen molar-refractivity contribution in [1.82, 2.24) is 49.4 Å². The van der Waals surface area contributed by atoms with Gasteiger partial charge in [-0.25, -0.2) is 14.6 Å². The maximum absolute atomic E-state index is 13.1. The van der Waals surface area contributed by atoms with Crippen LogP contribution in [0.5, 0.6) is 0 Å². The zero-order valence-electron chi connectivity index (χ0n) is 22.0. The molecular weight excluding hydrogens is 510 g/mol. The lowest BCUT2D eigenvalue weighted by Gasteiger charge is -2.38. The number of H-pyrrole nitrogens is 1. The lowest BCUT2D eigenvalue weighted by molar-refractivity contribution is 0.0556. The molecule has 7 rings (SSSR count). The van der Waals surface area contributed by atoms with E-state index in [1.165, 1.54) is 17.8 Å².